The van der Waals surface area contributed by atoms with Crippen molar-refractivity contribution in [3.8, 4) is 0 Å². The van der Waals surface area contributed by atoms with Crippen LogP contribution in [0, 0.1) is 18.2 Å². The number of anilines is 3. The molecule has 0 heterocycles. The van der Waals surface area contributed by atoms with Crippen LogP contribution in [0.25, 0.3) is 0 Å². The molecule has 0 spiro atoms. The Hall–Kier alpha value is -2.89. The van der Waals surface area contributed by atoms with Crippen LogP contribution in [0.1, 0.15) is 32.3 Å². The molecule has 2 amide bonds. The Balaban J connectivity index is 1.71. The van der Waals surface area contributed by atoms with Crippen LogP contribution in [0.5, 0.6) is 0 Å². The average molecular weight is 383 g/mol. The Morgan fingerprint density at radius 3 is 2.29 bits per heavy atom. The van der Waals surface area contributed by atoms with Gasteiger partial charge < -0.3 is 15.5 Å². The molecule has 148 valence electrons. The number of benzene rings is 2. The lowest BCUT2D eigenvalue weighted by molar-refractivity contribution is -0.131. The number of hydrogen-bond donors (Lipinski definition) is 2. The standard InChI is InChI=1S/C22H26FN3O2/c1-4-26(5-2)18-9-10-19(15(3)13-18)25-21(28)22(11-12-22)20(27)24-17-8-6-7-16(23)14-17/h6-10,13-14H,4-5,11-12H2,1-3H3,(H,24,27)(H,25,28). The van der Waals surface area contributed by atoms with E-state index in [0.717, 1.165) is 24.3 Å². The van der Waals surface area contributed by atoms with Gasteiger partial charge in [0.2, 0.25) is 11.8 Å². The fourth-order valence-electron chi connectivity index (χ4n) is 3.31. The van der Waals surface area contributed by atoms with Gasteiger partial charge in [-0.15, -0.1) is 0 Å². The fourth-order valence-corrected chi connectivity index (χ4v) is 3.31. The highest BCUT2D eigenvalue weighted by Crippen LogP contribution is 2.47. The summed E-state index contributed by atoms with van der Waals surface area (Å²) in [6.07, 6.45) is 0.965. The average Bonchev–Trinajstić information content (AvgIpc) is 3.47. The predicted octanol–water partition coefficient (Wildman–Crippen LogP) is 4.34. The van der Waals surface area contributed by atoms with Crippen LogP contribution < -0.4 is 15.5 Å². The van der Waals surface area contributed by atoms with E-state index in [1.54, 1.807) is 6.07 Å². The van der Waals surface area contributed by atoms with Crippen molar-refractivity contribution in [3.63, 3.8) is 0 Å². The van der Waals surface area contributed by atoms with Crippen LogP contribution in [0.15, 0.2) is 42.5 Å². The number of rotatable bonds is 7. The molecule has 2 aromatic carbocycles. The van der Waals surface area contributed by atoms with Gasteiger partial charge in [-0.2, -0.15) is 0 Å². The molecular weight excluding hydrogens is 357 g/mol. The Morgan fingerprint density at radius 2 is 1.71 bits per heavy atom. The molecule has 0 radical (unpaired) electrons. The van der Waals surface area contributed by atoms with Gasteiger partial charge in [-0.3, -0.25) is 9.59 Å². The largest absolute Gasteiger partial charge is 0.372 e. The maximum atomic E-state index is 13.3. The molecule has 1 aliphatic carbocycles. The second-order valence-corrected chi connectivity index (χ2v) is 7.17. The highest BCUT2D eigenvalue weighted by Gasteiger charge is 2.56. The topological polar surface area (TPSA) is 61.4 Å². The lowest BCUT2D eigenvalue weighted by Crippen LogP contribution is -2.35. The smallest absolute Gasteiger partial charge is 0.240 e. The molecule has 1 aliphatic rings. The van der Waals surface area contributed by atoms with E-state index in [9.17, 15) is 14.0 Å². The van der Waals surface area contributed by atoms with Crippen molar-refractivity contribution in [3.05, 3.63) is 53.8 Å². The maximum absolute atomic E-state index is 13.3. The van der Waals surface area contributed by atoms with E-state index in [1.165, 1.54) is 18.2 Å². The van der Waals surface area contributed by atoms with Gasteiger partial charge >= 0.3 is 0 Å². The van der Waals surface area contributed by atoms with Crippen LogP contribution in [-0.2, 0) is 9.59 Å². The second-order valence-electron chi connectivity index (χ2n) is 7.17. The summed E-state index contributed by atoms with van der Waals surface area (Å²) < 4.78 is 13.3. The zero-order valence-corrected chi connectivity index (χ0v) is 16.5. The van der Waals surface area contributed by atoms with Crippen molar-refractivity contribution in [2.75, 3.05) is 28.6 Å². The molecule has 0 unspecified atom stereocenters. The summed E-state index contributed by atoms with van der Waals surface area (Å²) in [6, 6.07) is 11.6. The van der Waals surface area contributed by atoms with Crippen LogP contribution in [0.2, 0.25) is 0 Å². The van der Waals surface area contributed by atoms with E-state index >= 15 is 0 Å². The Labute approximate surface area is 164 Å². The third-order valence-electron chi connectivity index (χ3n) is 5.29. The number of nitrogens with zero attached hydrogens (tertiary/aromatic N) is 1. The molecule has 2 N–H and O–H groups in total. The zero-order chi connectivity index (χ0) is 20.3. The Bertz CT molecular complexity index is 889. The first-order valence-corrected chi connectivity index (χ1v) is 9.63. The molecule has 2 aromatic rings. The number of amides is 2. The quantitative estimate of drug-likeness (QED) is 0.699. The molecule has 1 saturated carbocycles. The third-order valence-corrected chi connectivity index (χ3v) is 5.29. The molecule has 0 aromatic heterocycles. The van der Waals surface area contributed by atoms with Crippen molar-refractivity contribution in [1.82, 2.24) is 0 Å². The van der Waals surface area contributed by atoms with Gasteiger partial charge in [0.15, 0.2) is 0 Å². The highest BCUT2D eigenvalue weighted by atomic mass is 19.1. The maximum Gasteiger partial charge on any atom is 0.240 e. The number of aryl methyl sites for hydroxylation is 1. The number of carbonyl (C=O) groups excluding carboxylic acids is 2. The van der Waals surface area contributed by atoms with Gasteiger partial charge in [-0.1, -0.05) is 6.07 Å². The molecule has 0 atom stereocenters. The summed E-state index contributed by atoms with van der Waals surface area (Å²) in [5, 5.41) is 5.56. The molecule has 0 bridgehead atoms. The van der Waals surface area contributed by atoms with Crippen LogP contribution in [0.4, 0.5) is 21.5 Å². The summed E-state index contributed by atoms with van der Waals surface area (Å²) in [4.78, 5) is 27.7. The van der Waals surface area contributed by atoms with E-state index in [-0.39, 0.29) is 5.91 Å². The predicted molar refractivity (Wildman–Crippen MR) is 110 cm³/mol. The van der Waals surface area contributed by atoms with Crippen molar-refractivity contribution >= 4 is 28.9 Å². The van der Waals surface area contributed by atoms with Gasteiger partial charge in [-0.25, -0.2) is 4.39 Å². The number of nitrogens with one attached hydrogen (secondary N) is 2. The number of carbonyl (C=O) groups is 2. The van der Waals surface area contributed by atoms with Crippen molar-refractivity contribution in [2.45, 2.75) is 33.6 Å². The molecule has 1 fully saturated rings. The monoisotopic (exact) mass is 383 g/mol. The lowest BCUT2D eigenvalue weighted by atomic mass is 10.0. The van der Waals surface area contributed by atoms with Crippen molar-refractivity contribution < 1.29 is 14.0 Å². The molecular formula is C22H26FN3O2. The summed E-state index contributed by atoms with van der Waals surface area (Å²) in [5.74, 6) is -1.15. The number of hydrogen-bond acceptors (Lipinski definition) is 3. The Morgan fingerprint density at radius 1 is 1.04 bits per heavy atom. The number of halogens is 1. The van der Waals surface area contributed by atoms with Gasteiger partial charge in [-0.05, 0) is 75.6 Å². The van der Waals surface area contributed by atoms with E-state index in [4.69, 9.17) is 0 Å². The fraction of sp³-hybridized carbons (Fsp3) is 0.364. The van der Waals surface area contributed by atoms with Gasteiger partial charge in [0.1, 0.15) is 11.2 Å². The minimum atomic E-state index is -1.09. The van der Waals surface area contributed by atoms with Crippen LogP contribution in [0.3, 0.4) is 0 Å². The molecule has 3 rings (SSSR count). The van der Waals surface area contributed by atoms with E-state index in [2.05, 4.69) is 29.4 Å². The molecule has 0 aliphatic heterocycles. The lowest BCUT2D eigenvalue weighted by Gasteiger charge is -2.22. The summed E-state index contributed by atoms with van der Waals surface area (Å²) in [7, 11) is 0. The SMILES string of the molecule is CCN(CC)c1ccc(NC(=O)C2(C(=O)Nc3cccc(F)c3)CC2)c(C)c1. The van der Waals surface area contributed by atoms with E-state index < -0.39 is 17.1 Å². The molecule has 5 nitrogen and oxygen atoms in total. The van der Waals surface area contributed by atoms with E-state index in [0.29, 0.717) is 24.2 Å². The minimum Gasteiger partial charge on any atom is -0.372 e. The van der Waals surface area contributed by atoms with Crippen LogP contribution in [-0.4, -0.2) is 24.9 Å². The van der Waals surface area contributed by atoms with Crippen molar-refractivity contribution in [1.29, 1.82) is 0 Å². The van der Waals surface area contributed by atoms with Crippen LogP contribution >= 0.6 is 0 Å². The summed E-state index contributed by atoms with van der Waals surface area (Å²) in [5.41, 5.74) is 2.01. The molecule has 0 saturated heterocycles. The third kappa shape index (κ3) is 4.01. The Kier molecular flexibility index (Phi) is 5.68. The highest BCUT2D eigenvalue weighted by molar-refractivity contribution is 6.17. The van der Waals surface area contributed by atoms with Crippen molar-refractivity contribution in [2.24, 2.45) is 5.41 Å². The van der Waals surface area contributed by atoms with Gasteiger partial charge in [0.05, 0.1) is 0 Å². The van der Waals surface area contributed by atoms with Gasteiger partial charge in [0, 0.05) is 30.2 Å². The second kappa shape index (κ2) is 8.00. The summed E-state index contributed by atoms with van der Waals surface area (Å²) >= 11 is 0. The first-order valence-electron chi connectivity index (χ1n) is 9.63. The van der Waals surface area contributed by atoms with E-state index in [1.807, 2.05) is 25.1 Å². The van der Waals surface area contributed by atoms with Gasteiger partial charge in [0.25, 0.3) is 0 Å². The normalized spacial score (nSPS) is 14.3. The summed E-state index contributed by atoms with van der Waals surface area (Å²) in [6.45, 7) is 7.95. The first-order chi connectivity index (χ1) is 13.4. The molecule has 6 heteroatoms. The zero-order valence-electron chi connectivity index (χ0n) is 16.5. The molecule has 28 heavy (non-hydrogen) atoms. The minimum absolute atomic E-state index is 0.319. The first kappa shape index (κ1) is 19.9.